The first kappa shape index (κ1) is 23.2. The smallest absolute Gasteiger partial charge is 0.264 e. The standard InChI is InChI=1S/C20H21Cl2N2O4PS/c1-3-27-29(28-4-2)14-24(18-7-8-20-15(10-18)6-5-9-23-20)30(25,26)19-12-16(21)11-17(22)13-19/h5-13H,3-4,14H2,1-2H3. The summed E-state index contributed by atoms with van der Waals surface area (Å²) < 4.78 is 39.8. The molecule has 0 fully saturated rings. The van der Waals surface area contributed by atoms with Gasteiger partial charge in [0.15, 0.2) is 8.38 Å². The topological polar surface area (TPSA) is 68.7 Å². The third-order valence-electron chi connectivity index (χ3n) is 4.09. The number of sulfonamides is 1. The van der Waals surface area contributed by atoms with E-state index in [2.05, 4.69) is 4.98 Å². The van der Waals surface area contributed by atoms with Gasteiger partial charge < -0.3 is 9.05 Å². The average Bonchev–Trinajstić information content (AvgIpc) is 2.71. The molecular weight excluding hydrogens is 466 g/mol. The molecule has 0 amide bonds. The average molecular weight is 487 g/mol. The summed E-state index contributed by atoms with van der Waals surface area (Å²) in [6.07, 6.45) is 1.71. The molecule has 6 nitrogen and oxygen atoms in total. The van der Waals surface area contributed by atoms with E-state index in [1.165, 1.54) is 22.5 Å². The molecule has 0 aliphatic carbocycles. The molecule has 0 spiro atoms. The molecule has 3 rings (SSSR count). The Morgan fingerprint density at radius 3 is 2.30 bits per heavy atom. The quantitative estimate of drug-likeness (QED) is 0.342. The van der Waals surface area contributed by atoms with Gasteiger partial charge in [0.05, 0.1) is 29.3 Å². The number of aromatic nitrogens is 1. The molecule has 0 radical (unpaired) electrons. The molecular formula is C20H21Cl2N2O4PS. The molecule has 1 aromatic heterocycles. The number of hydrogen-bond donors (Lipinski definition) is 0. The van der Waals surface area contributed by atoms with E-state index in [4.69, 9.17) is 32.2 Å². The predicted molar refractivity (Wildman–Crippen MR) is 123 cm³/mol. The van der Waals surface area contributed by atoms with E-state index in [1.54, 1.807) is 30.5 Å². The van der Waals surface area contributed by atoms with Gasteiger partial charge in [-0.1, -0.05) is 29.3 Å². The fraction of sp³-hybridized carbons (Fsp3) is 0.250. The second-order valence-electron chi connectivity index (χ2n) is 6.15. The lowest BCUT2D eigenvalue weighted by Crippen LogP contribution is -2.32. The molecule has 0 aliphatic heterocycles. The van der Waals surface area contributed by atoms with Crippen LogP contribution in [0.15, 0.2) is 59.6 Å². The van der Waals surface area contributed by atoms with Gasteiger partial charge in [-0.05, 0) is 56.3 Å². The van der Waals surface area contributed by atoms with Crippen LogP contribution in [-0.4, -0.2) is 32.9 Å². The van der Waals surface area contributed by atoms with Gasteiger partial charge in [0, 0.05) is 21.6 Å². The molecule has 2 aromatic carbocycles. The van der Waals surface area contributed by atoms with E-state index in [-0.39, 0.29) is 21.2 Å². The number of rotatable bonds is 9. The predicted octanol–water partition coefficient (Wildman–Crippen LogP) is 6.08. The van der Waals surface area contributed by atoms with Gasteiger partial charge in [-0.2, -0.15) is 0 Å². The monoisotopic (exact) mass is 486 g/mol. The van der Waals surface area contributed by atoms with Gasteiger partial charge in [0.25, 0.3) is 10.0 Å². The molecule has 10 heteroatoms. The molecule has 0 saturated heterocycles. The summed E-state index contributed by atoms with van der Waals surface area (Å²) in [5, 5.41) is 1.29. The van der Waals surface area contributed by atoms with Crippen molar-refractivity contribution in [2.45, 2.75) is 18.7 Å². The van der Waals surface area contributed by atoms with Crippen molar-refractivity contribution in [3.05, 3.63) is 64.8 Å². The van der Waals surface area contributed by atoms with E-state index in [0.29, 0.717) is 18.9 Å². The van der Waals surface area contributed by atoms with Crippen LogP contribution in [0.3, 0.4) is 0 Å². The van der Waals surface area contributed by atoms with Crippen LogP contribution in [0.2, 0.25) is 10.0 Å². The van der Waals surface area contributed by atoms with Crippen LogP contribution in [0, 0.1) is 0 Å². The largest absolute Gasteiger partial charge is 0.333 e. The van der Waals surface area contributed by atoms with Crippen molar-refractivity contribution in [3.63, 3.8) is 0 Å². The highest BCUT2D eigenvalue weighted by atomic mass is 35.5. The minimum atomic E-state index is -4.00. The number of fused-ring (bicyclic) bond motifs is 1. The summed E-state index contributed by atoms with van der Waals surface area (Å²) in [6.45, 7) is 4.49. The number of benzene rings is 2. The zero-order chi connectivity index (χ0) is 21.7. The van der Waals surface area contributed by atoms with Gasteiger partial charge in [-0.15, -0.1) is 0 Å². The fourth-order valence-electron chi connectivity index (χ4n) is 2.83. The molecule has 0 bridgehead atoms. The summed E-state index contributed by atoms with van der Waals surface area (Å²) >= 11 is 12.1. The van der Waals surface area contributed by atoms with Crippen molar-refractivity contribution >= 4 is 58.2 Å². The maximum atomic E-state index is 13.6. The lowest BCUT2D eigenvalue weighted by Gasteiger charge is -2.28. The van der Waals surface area contributed by atoms with Gasteiger partial charge in [-0.3, -0.25) is 9.29 Å². The minimum Gasteiger partial charge on any atom is -0.333 e. The number of hydrogen-bond acceptors (Lipinski definition) is 5. The van der Waals surface area contributed by atoms with Crippen molar-refractivity contribution < 1.29 is 17.5 Å². The Labute approximate surface area is 187 Å². The first-order valence-electron chi connectivity index (χ1n) is 9.22. The molecule has 0 atom stereocenters. The van der Waals surface area contributed by atoms with Crippen molar-refractivity contribution in [1.29, 1.82) is 0 Å². The summed E-state index contributed by atoms with van der Waals surface area (Å²) in [6, 6.07) is 13.2. The van der Waals surface area contributed by atoms with Crippen molar-refractivity contribution in [1.82, 2.24) is 4.98 Å². The normalized spacial score (nSPS) is 11.9. The number of anilines is 1. The maximum Gasteiger partial charge on any atom is 0.264 e. The molecule has 160 valence electrons. The third-order valence-corrected chi connectivity index (χ3v) is 8.07. The Morgan fingerprint density at radius 1 is 1.00 bits per heavy atom. The minimum absolute atomic E-state index is 0.00534. The molecule has 1 heterocycles. The number of pyridine rings is 1. The zero-order valence-corrected chi connectivity index (χ0v) is 19.7. The Bertz CT molecular complexity index is 1100. The molecule has 0 unspecified atom stereocenters. The molecule has 0 saturated carbocycles. The van der Waals surface area contributed by atoms with Gasteiger partial charge in [-0.25, -0.2) is 8.42 Å². The molecule has 3 aromatic rings. The molecule has 0 N–H and O–H groups in total. The van der Waals surface area contributed by atoms with E-state index < -0.39 is 18.4 Å². The highest BCUT2D eigenvalue weighted by molar-refractivity contribution is 7.93. The Kier molecular flexibility index (Phi) is 7.91. The summed E-state index contributed by atoms with van der Waals surface area (Å²) in [5.41, 5.74) is 1.24. The van der Waals surface area contributed by atoms with Crippen LogP contribution in [-0.2, 0) is 19.1 Å². The van der Waals surface area contributed by atoms with Crippen molar-refractivity contribution in [2.75, 3.05) is 23.8 Å². The van der Waals surface area contributed by atoms with Crippen LogP contribution >= 0.6 is 31.6 Å². The highest BCUT2D eigenvalue weighted by Crippen LogP contribution is 2.42. The second kappa shape index (κ2) is 10.2. The van der Waals surface area contributed by atoms with Crippen LogP contribution in [0.5, 0.6) is 0 Å². The maximum absolute atomic E-state index is 13.6. The lowest BCUT2D eigenvalue weighted by atomic mass is 10.2. The zero-order valence-electron chi connectivity index (χ0n) is 16.5. The van der Waals surface area contributed by atoms with E-state index in [0.717, 1.165) is 10.9 Å². The van der Waals surface area contributed by atoms with Crippen LogP contribution in [0.4, 0.5) is 5.69 Å². The van der Waals surface area contributed by atoms with E-state index >= 15 is 0 Å². The first-order chi connectivity index (χ1) is 14.3. The SMILES string of the molecule is CCOP(CN(c1ccc2ncccc2c1)S(=O)(=O)c1cc(Cl)cc(Cl)c1)OCC. The number of nitrogens with zero attached hydrogens (tertiary/aromatic N) is 2. The lowest BCUT2D eigenvalue weighted by molar-refractivity contribution is 0.270. The van der Waals surface area contributed by atoms with E-state index in [1.807, 2.05) is 19.9 Å². The summed E-state index contributed by atoms with van der Waals surface area (Å²) in [4.78, 5) is 4.29. The summed E-state index contributed by atoms with van der Waals surface area (Å²) in [7, 11) is -5.47. The van der Waals surface area contributed by atoms with Crippen molar-refractivity contribution in [3.8, 4) is 0 Å². The van der Waals surface area contributed by atoms with Gasteiger partial charge in [0.2, 0.25) is 0 Å². The van der Waals surface area contributed by atoms with Crippen LogP contribution in [0.25, 0.3) is 10.9 Å². The van der Waals surface area contributed by atoms with Crippen molar-refractivity contribution in [2.24, 2.45) is 0 Å². The Balaban J connectivity index is 2.12. The number of halogens is 2. The van der Waals surface area contributed by atoms with E-state index in [9.17, 15) is 8.42 Å². The molecule has 30 heavy (non-hydrogen) atoms. The Hall–Kier alpha value is -1.47. The highest BCUT2D eigenvalue weighted by Gasteiger charge is 2.29. The van der Waals surface area contributed by atoms with Crippen LogP contribution in [0.1, 0.15) is 13.8 Å². The van der Waals surface area contributed by atoms with Crippen LogP contribution < -0.4 is 4.31 Å². The first-order valence-corrected chi connectivity index (χ1v) is 12.8. The second-order valence-corrected chi connectivity index (χ2v) is 10.3. The fourth-order valence-corrected chi connectivity index (χ4v) is 6.76. The van der Waals surface area contributed by atoms with Gasteiger partial charge >= 0.3 is 0 Å². The Morgan fingerprint density at radius 2 is 1.67 bits per heavy atom. The third kappa shape index (κ3) is 5.41. The molecule has 0 aliphatic rings. The summed E-state index contributed by atoms with van der Waals surface area (Å²) in [5.74, 6) is 0. The van der Waals surface area contributed by atoms with Gasteiger partial charge in [0.1, 0.15) is 6.29 Å².